The lowest BCUT2D eigenvalue weighted by Crippen LogP contribution is -2.47. The summed E-state index contributed by atoms with van der Waals surface area (Å²) in [7, 11) is 1.56. The van der Waals surface area contributed by atoms with Gasteiger partial charge in [0.15, 0.2) is 28.4 Å². The predicted octanol–water partition coefficient (Wildman–Crippen LogP) is 5.90. The van der Waals surface area contributed by atoms with Gasteiger partial charge in [-0.1, -0.05) is 23.7 Å². The fourth-order valence-corrected chi connectivity index (χ4v) is 4.60. The minimum Gasteiger partial charge on any atom is -0.497 e. The average Bonchev–Trinajstić information content (AvgIpc) is 2.95. The number of benzene rings is 3. The van der Waals surface area contributed by atoms with Crippen LogP contribution < -0.4 is 25.2 Å². The number of carbonyl (C=O) groups excluding carboxylic acids is 1. The molecule has 0 bridgehead atoms. The Kier molecular flexibility index (Phi) is 9.10. The first kappa shape index (κ1) is 29.1. The van der Waals surface area contributed by atoms with Crippen LogP contribution in [0.3, 0.4) is 0 Å². The van der Waals surface area contributed by atoms with Gasteiger partial charge in [-0.2, -0.15) is 0 Å². The van der Waals surface area contributed by atoms with Gasteiger partial charge in [0.2, 0.25) is 11.7 Å². The molecule has 40 heavy (non-hydrogen) atoms. The van der Waals surface area contributed by atoms with Gasteiger partial charge in [0.05, 0.1) is 17.8 Å². The van der Waals surface area contributed by atoms with Crippen LogP contribution in [0.25, 0.3) is 6.08 Å². The largest absolute Gasteiger partial charge is 0.497 e. The van der Waals surface area contributed by atoms with Gasteiger partial charge in [0, 0.05) is 37.9 Å². The summed E-state index contributed by atoms with van der Waals surface area (Å²) >= 11 is 11.6. The zero-order chi connectivity index (χ0) is 29.0. The molecular weight excluding hydrogens is 575 g/mol. The topological polar surface area (TPSA) is 56.8 Å². The molecule has 0 saturated carbocycles. The summed E-state index contributed by atoms with van der Waals surface area (Å²) in [6.45, 7) is 0.408. The molecular formula is C27H22ClF5N4O2S. The Morgan fingerprint density at radius 1 is 0.900 bits per heavy atom. The SMILES string of the molecule is COc1ccc(/C=C/C(=O)NC(=S)Nc2ccc(N3CCN(c4c(F)c(F)c(F)c(F)c4F)CC3)c(Cl)c2)cc1. The predicted molar refractivity (Wildman–Crippen MR) is 149 cm³/mol. The molecule has 1 amide bonds. The highest BCUT2D eigenvalue weighted by Gasteiger charge is 2.31. The molecule has 210 valence electrons. The molecule has 1 fully saturated rings. The minimum absolute atomic E-state index is 0.00512. The van der Waals surface area contributed by atoms with Crippen LogP contribution in [0.4, 0.5) is 39.0 Å². The molecule has 0 radical (unpaired) electrons. The third-order valence-corrected chi connectivity index (χ3v) is 6.62. The Hall–Kier alpha value is -3.90. The van der Waals surface area contributed by atoms with Gasteiger partial charge >= 0.3 is 0 Å². The molecule has 0 aliphatic carbocycles. The number of carbonyl (C=O) groups is 1. The van der Waals surface area contributed by atoms with Gasteiger partial charge in [-0.3, -0.25) is 10.1 Å². The number of piperazine rings is 1. The molecule has 0 atom stereocenters. The van der Waals surface area contributed by atoms with Crippen LogP contribution in [0.5, 0.6) is 5.75 Å². The first-order valence-corrected chi connectivity index (χ1v) is 12.6. The van der Waals surface area contributed by atoms with Crippen molar-refractivity contribution >= 4 is 58.0 Å². The lowest BCUT2D eigenvalue weighted by Gasteiger charge is -2.38. The van der Waals surface area contributed by atoms with Gasteiger partial charge in [0.1, 0.15) is 11.4 Å². The molecule has 2 N–H and O–H groups in total. The van der Waals surface area contributed by atoms with Crippen LogP contribution >= 0.6 is 23.8 Å². The number of amides is 1. The lowest BCUT2D eigenvalue weighted by atomic mass is 10.2. The van der Waals surface area contributed by atoms with E-state index in [0.717, 1.165) is 10.5 Å². The molecule has 0 spiro atoms. The Balaban J connectivity index is 1.33. The van der Waals surface area contributed by atoms with Crippen molar-refractivity contribution in [3.63, 3.8) is 0 Å². The Labute approximate surface area is 237 Å². The van der Waals surface area contributed by atoms with Crippen LogP contribution in [0, 0.1) is 29.1 Å². The van der Waals surface area contributed by atoms with Crippen LogP contribution in [-0.4, -0.2) is 44.3 Å². The number of hydrogen-bond donors (Lipinski definition) is 2. The summed E-state index contributed by atoms with van der Waals surface area (Å²) in [5.41, 5.74) is 0.946. The molecule has 1 aliphatic heterocycles. The fraction of sp³-hybridized carbons (Fsp3) is 0.185. The summed E-state index contributed by atoms with van der Waals surface area (Å²) in [6.07, 6.45) is 2.95. The summed E-state index contributed by atoms with van der Waals surface area (Å²) in [6, 6.07) is 12.1. The number of rotatable bonds is 6. The van der Waals surface area contributed by atoms with Crippen molar-refractivity contribution < 1.29 is 31.5 Å². The molecule has 0 unspecified atom stereocenters. The molecule has 6 nitrogen and oxygen atoms in total. The normalized spacial score (nSPS) is 13.5. The van der Waals surface area contributed by atoms with Gasteiger partial charge in [-0.05, 0) is 54.2 Å². The number of methoxy groups -OCH3 is 1. The van der Waals surface area contributed by atoms with E-state index in [2.05, 4.69) is 10.6 Å². The number of ether oxygens (including phenoxy) is 1. The summed E-state index contributed by atoms with van der Waals surface area (Å²) in [4.78, 5) is 15.1. The number of nitrogens with one attached hydrogen (secondary N) is 2. The van der Waals surface area contributed by atoms with E-state index in [1.165, 1.54) is 6.08 Å². The van der Waals surface area contributed by atoms with Crippen molar-refractivity contribution in [2.75, 3.05) is 48.4 Å². The number of anilines is 3. The van der Waals surface area contributed by atoms with E-state index >= 15 is 0 Å². The van der Waals surface area contributed by atoms with Crippen molar-refractivity contribution in [1.29, 1.82) is 0 Å². The monoisotopic (exact) mass is 596 g/mol. The van der Waals surface area contributed by atoms with Crippen molar-refractivity contribution in [3.8, 4) is 5.75 Å². The summed E-state index contributed by atoms with van der Waals surface area (Å²) in [5, 5.41) is 5.77. The van der Waals surface area contributed by atoms with Crippen molar-refractivity contribution in [2.24, 2.45) is 0 Å². The highest BCUT2D eigenvalue weighted by molar-refractivity contribution is 7.80. The van der Waals surface area contributed by atoms with Crippen molar-refractivity contribution in [3.05, 3.63) is 88.2 Å². The summed E-state index contributed by atoms with van der Waals surface area (Å²) < 4.78 is 74.1. The first-order chi connectivity index (χ1) is 19.1. The number of thiocarbonyl (C=S) groups is 1. The Bertz CT molecular complexity index is 1440. The molecule has 1 heterocycles. The van der Waals surface area contributed by atoms with E-state index in [-0.39, 0.29) is 31.3 Å². The fourth-order valence-electron chi connectivity index (χ4n) is 4.09. The van der Waals surface area contributed by atoms with E-state index in [1.807, 2.05) is 4.90 Å². The van der Waals surface area contributed by atoms with E-state index in [0.29, 0.717) is 22.1 Å². The molecule has 3 aromatic rings. The quantitative estimate of drug-likeness (QED) is 0.122. The maximum atomic E-state index is 14.2. The summed E-state index contributed by atoms with van der Waals surface area (Å²) in [5.74, 6) is -9.63. The second-order valence-electron chi connectivity index (χ2n) is 8.61. The average molecular weight is 597 g/mol. The first-order valence-electron chi connectivity index (χ1n) is 11.8. The number of hydrogen-bond acceptors (Lipinski definition) is 5. The van der Waals surface area contributed by atoms with Crippen LogP contribution in [0.2, 0.25) is 5.02 Å². The van der Waals surface area contributed by atoms with Gasteiger partial charge in [-0.25, -0.2) is 22.0 Å². The van der Waals surface area contributed by atoms with E-state index in [4.69, 9.17) is 28.6 Å². The van der Waals surface area contributed by atoms with Crippen molar-refractivity contribution in [2.45, 2.75) is 0 Å². The maximum Gasteiger partial charge on any atom is 0.250 e. The van der Waals surface area contributed by atoms with E-state index < -0.39 is 40.7 Å². The standard InChI is InChI=1S/C27H22ClF5N4O2S/c1-39-17-6-2-15(3-7-17)4-9-20(38)35-27(40)34-16-5-8-19(18(28)14-16)36-10-12-37(13-11-36)26-24(32)22(30)21(29)23(31)25(26)33/h2-9,14H,10-13H2,1H3,(H2,34,35,38,40)/b9-4+. The van der Waals surface area contributed by atoms with Crippen LogP contribution in [-0.2, 0) is 4.79 Å². The second kappa shape index (κ2) is 12.5. The van der Waals surface area contributed by atoms with Crippen LogP contribution in [0.15, 0.2) is 48.5 Å². The highest BCUT2D eigenvalue weighted by atomic mass is 35.5. The molecule has 1 aliphatic rings. The van der Waals surface area contributed by atoms with Crippen molar-refractivity contribution in [1.82, 2.24) is 5.32 Å². The number of nitrogens with zero attached hydrogens (tertiary/aromatic N) is 2. The second-order valence-corrected chi connectivity index (χ2v) is 9.42. The van der Waals surface area contributed by atoms with Gasteiger partial charge in [-0.15, -0.1) is 0 Å². The van der Waals surface area contributed by atoms with E-state index in [1.54, 1.807) is 55.7 Å². The van der Waals surface area contributed by atoms with Crippen LogP contribution in [0.1, 0.15) is 5.56 Å². The molecule has 1 saturated heterocycles. The molecule has 4 rings (SSSR count). The highest BCUT2D eigenvalue weighted by Crippen LogP contribution is 2.33. The van der Waals surface area contributed by atoms with Gasteiger partial charge < -0.3 is 19.9 Å². The zero-order valence-electron chi connectivity index (χ0n) is 20.9. The molecule has 0 aromatic heterocycles. The smallest absolute Gasteiger partial charge is 0.250 e. The zero-order valence-corrected chi connectivity index (χ0v) is 22.5. The maximum absolute atomic E-state index is 14.2. The third kappa shape index (κ3) is 6.45. The minimum atomic E-state index is -2.19. The third-order valence-electron chi connectivity index (χ3n) is 6.11. The Morgan fingerprint density at radius 3 is 2.05 bits per heavy atom. The lowest BCUT2D eigenvalue weighted by molar-refractivity contribution is -0.115. The molecule has 13 heteroatoms. The Morgan fingerprint density at radius 2 is 1.48 bits per heavy atom. The van der Waals surface area contributed by atoms with E-state index in [9.17, 15) is 26.7 Å². The van der Waals surface area contributed by atoms with Gasteiger partial charge in [0.25, 0.3) is 0 Å². The number of halogens is 6. The molecule has 3 aromatic carbocycles.